The zero-order valence-corrected chi connectivity index (χ0v) is 14.6. The molecular formula is C19H19ClN2O3. The molecule has 6 heteroatoms. The van der Waals surface area contributed by atoms with E-state index in [9.17, 15) is 9.59 Å². The molecule has 0 heterocycles. The molecule has 0 aliphatic heterocycles. The number of halogens is 1. The summed E-state index contributed by atoms with van der Waals surface area (Å²) in [5, 5.41) is 6.11. The molecule has 130 valence electrons. The van der Waals surface area contributed by atoms with Crippen molar-refractivity contribution < 1.29 is 14.3 Å². The highest BCUT2D eigenvalue weighted by molar-refractivity contribution is 6.32. The molecule has 1 saturated carbocycles. The molecule has 0 radical (unpaired) electrons. The molecule has 2 N–H and O–H groups in total. The fraction of sp³-hybridized carbons (Fsp3) is 0.263. The van der Waals surface area contributed by atoms with Crippen LogP contribution in [0.3, 0.4) is 0 Å². The number of rotatable bonds is 6. The maximum Gasteiger partial charge on any atom is 0.262 e. The van der Waals surface area contributed by atoms with Crippen molar-refractivity contribution in [3.8, 4) is 5.75 Å². The Labute approximate surface area is 151 Å². The predicted octanol–water partition coefficient (Wildman–Crippen LogP) is 3.56. The van der Waals surface area contributed by atoms with Crippen LogP contribution >= 0.6 is 11.6 Å². The minimum atomic E-state index is -0.320. The fourth-order valence-corrected chi connectivity index (χ4v) is 2.65. The van der Waals surface area contributed by atoms with Crippen LogP contribution in [-0.4, -0.2) is 24.5 Å². The lowest BCUT2D eigenvalue weighted by molar-refractivity contribution is -0.118. The number of nitrogens with one attached hydrogen (secondary N) is 2. The van der Waals surface area contributed by atoms with Gasteiger partial charge in [0.15, 0.2) is 6.61 Å². The molecule has 0 unspecified atom stereocenters. The number of para-hydroxylation sites is 1. The van der Waals surface area contributed by atoms with Crippen LogP contribution in [0.25, 0.3) is 0 Å². The minimum absolute atomic E-state index is 0.124. The van der Waals surface area contributed by atoms with Crippen LogP contribution in [0, 0.1) is 6.92 Å². The molecule has 25 heavy (non-hydrogen) atoms. The molecule has 2 aromatic rings. The van der Waals surface area contributed by atoms with Crippen LogP contribution in [0.4, 0.5) is 5.69 Å². The lowest BCUT2D eigenvalue weighted by atomic mass is 10.2. The van der Waals surface area contributed by atoms with Crippen molar-refractivity contribution >= 4 is 29.1 Å². The number of amides is 2. The summed E-state index contributed by atoms with van der Waals surface area (Å²) < 4.78 is 5.52. The Morgan fingerprint density at radius 1 is 1.20 bits per heavy atom. The van der Waals surface area contributed by atoms with Gasteiger partial charge in [-0.3, -0.25) is 9.59 Å². The van der Waals surface area contributed by atoms with Gasteiger partial charge in [-0.1, -0.05) is 29.8 Å². The second kappa shape index (κ2) is 7.57. The molecule has 0 bridgehead atoms. The number of hydrogen-bond acceptors (Lipinski definition) is 3. The number of carbonyl (C=O) groups excluding carboxylic acids is 2. The first-order valence-corrected chi connectivity index (χ1v) is 8.49. The van der Waals surface area contributed by atoms with E-state index in [2.05, 4.69) is 10.6 Å². The predicted molar refractivity (Wildman–Crippen MR) is 97.2 cm³/mol. The maximum absolute atomic E-state index is 12.1. The number of benzene rings is 2. The lowest BCUT2D eigenvalue weighted by Crippen LogP contribution is -2.25. The van der Waals surface area contributed by atoms with Crippen LogP contribution in [-0.2, 0) is 4.79 Å². The van der Waals surface area contributed by atoms with Gasteiger partial charge in [0.2, 0.25) is 0 Å². The largest absolute Gasteiger partial charge is 0.482 e. The van der Waals surface area contributed by atoms with E-state index in [0.29, 0.717) is 22.0 Å². The molecule has 1 aliphatic rings. The Kier molecular flexibility index (Phi) is 5.24. The van der Waals surface area contributed by atoms with Crippen LogP contribution in [0.5, 0.6) is 5.75 Å². The smallest absolute Gasteiger partial charge is 0.262 e. The average Bonchev–Trinajstić information content (AvgIpc) is 3.38. The van der Waals surface area contributed by atoms with Crippen molar-refractivity contribution in [2.75, 3.05) is 11.9 Å². The van der Waals surface area contributed by atoms with Gasteiger partial charge in [-0.15, -0.1) is 0 Å². The molecule has 0 spiro atoms. The molecule has 2 aromatic carbocycles. The SMILES string of the molecule is Cc1cccc(Cl)c1OCC(=O)Nc1cccc(C(=O)NC2CC2)c1. The summed E-state index contributed by atoms with van der Waals surface area (Å²) >= 11 is 6.07. The van der Waals surface area contributed by atoms with E-state index in [1.54, 1.807) is 30.3 Å². The highest BCUT2D eigenvalue weighted by Crippen LogP contribution is 2.27. The number of hydrogen-bond donors (Lipinski definition) is 2. The topological polar surface area (TPSA) is 67.4 Å². The van der Waals surface area contributed by atoms with E-state index in [1.165, 1.54) is 0 Å². The van der Waals surface area contributed by atoms with E-state index in [4.69, 9.17) is 16.3 Å². The van der Waals surface area contributed by atoms with Crippen molar-refractivity contribution in [2.45, 2.75) is 25.8 Å². The van der Waals surface area contributed by atoms with Gasteiger partial charge in [0.05, 0.1) is 5.02 Å². The van der Waals surface area contributed by atoms with Gasteiger partial charge >= 0.3 is 0 Å². The number of aryl methyl sites for hydroxylation is 1. The minimum Gasteiger partial charge on any atom is -0.482 e. The Hall–Kier alpha value is -2.53. The third kappa shape index (κ3) is 4.73. The fourth-order valence-electron chi connectivity index (χ4n) is 2.37. The van der Waals surface area contributed by atoms with Gasteiger partial charge in [-0.2, -0.15) is 0 Å². The third-order valence-corrected chi connectivity index (χ3v) is 4.13. The van der Waals surface area contributed by atoms with Crippen molar-refractivity contribution in [1.82, 2.24) is 5.32 Å². The van der Waals surface area contributed by atoms with Gasteiger partial charge in [-0.05, 0) is 49.6 Å². The van der Waals surface area contributed by atoms with Gasteiger partial charge in [0, 0.05) is 17.3 Å². The van der Waals surface area contributed by atoms with Gasteiger partial charge in [0.1, 0.15) is 5.75 Å². The zero-order valence-electron chi connectivity index (χ0n) is 13.8. The first kappa shape index (κ1) is 17.3. The van der Waals surface area contributed by atoms with Gasteiger partial charge in [-0.25, -0.2) is 0 Å². The van der Waals surface area contributed by atoms with Gasteiger partial charge < -0.3 is 15.4 Å². The maximum atomic E-state index is 12.1. The molecule has 5 nitrogen and oxygen atoms in total. The highest BCUT2D eigenvalue weighted by Gasteiger charge is 2.23. The van der Waals surface area contributed by atoms with Crippen LogP contribution in [0.2, 0.25) is 5.02 Å². The Morgan fingerprint density at radius 3 is 2.68 bits per heavy atom. The Balaban J connectivity index is 1.58. The summed E-state index contributed by atoms with van der Waals surface area (Å²) in [6, 6.07) is 12.5. The molecule has 0 saturated heterocycles. The van der Waals surface area contributed by atoms with E-state index in [0.717, 1.165) is 18.4 Å². The molecule has 1 aliphatic carbocycles. The van der Waals surface area contributed by atoms with Crippen LogP contribution in [0.15, 0.2) is 42.5 Å². The summed E-state index contributed by atoms with van der Waals surface area (Å²) in [6.45, 7) is 1.70. The van der Waals surface area contributed by atoms with Gasteiger partial charge in [0.25, 0.3) is 11.8 Å². The van der Waals surface area contributed by atoms with E-state index in [1.807, 2.05) is 19.1 Å². The first-order chi connectivity index (χ1) is 12.0. The molecular weight excluding hydrogens is 340 g/mol. The number of anilines is 1. The van der Waals surface area contributed by atoms with E-state index >= 15 is 0 Å². The summed E-state index contributed by atoms with van der Waals surface area (Å²) in [5.74, 6) is 0.0532. The van der Waals surface area contributed by atoms with Crippen LogP contribution < -0.4 is 15.4 Å². The zero-order chi connectivity index (χ0) is 17.8. The first-order valence-electron chi connectivity index (χ1n) is 8.11. The average molecular weight is 359 g/mol. The number of ether oxygens (including phenoxy) is 1. The summed E-state index contributed by atoms with van der Waals surface area (Å²) in [6.07, 6.45) is 2.06. The quantitative estimate of drug-likeness (QED) is 0.829. The Morgan fingerprint density at radius 2 is 1.96 bits per heavy atom. The van der Waals surface area contributed by atoms with Crippen molar-refractivity contribution in [3.05, 3.63) is 58.6 Å². The standard InChI is InChI=1S/C19H19ClN2O3/c1-12-4-2-7-16(20)18(12)25-11-17(23)21-15-6-3-5-13(10-15)19(24)22-14-8-9-14/h2-7,10,14H,8-9,11H2,1H3,(H,21,23)(H,22,24). The summed E-state index contributed by atoms with van der Waals surface area (Å²) in [7, 11) is 0. The molecule has 0 aromatic heterocycles. The monoisotopic (exact) mass is 358 g/mol. The second-order valence-corrected chi connectivity index (χ2v) is 6.46. The van der Waals surface area contributed by atoms with Crippen molar-refractivity contribution in [1.29, 1.82) is 0 Å². The molecule has 0 atom stereocenters. The second-order valence-electron chi connectivity index (χ2n) is 6.05. The van der Waals surface area contributed by atoms with Crippen molar-refractivity contribution in [3.63, 3.8) is 0 Å². The normalized spacial score (nSPS) is 13.2. The van der Waals surface area contributed by atoms with Crippen LogP contribution in [0.1, 0.15) is 28.8 Å². The highest BCUT2D eigenvalue weighted by atomic mass is 35.5. The molecule has 2 amide bonds. The third-order valence-electron chi connectivity index (χ3n) is 3.83. The Bertz CT molecular complexity index is 783. The summed E-state index contributed by atoms with van der Waals surface area (Å²) in [5.41, 5.74) is 1.93. The molecule has 1 fully saturated rings. The molecule has 3 rings (SSSR count). The van der Waals surface area contributed by atoms with Crippen molar-refractivity contribution in [2.24, 2.45) is 0 Å². The van der Waals surface area contributed by atoms with E-state index < -0.39 is 0 Å². The summed E-state index contributed by atoms with van der Waals surface area (Å²) in [4.78, 5) is 24.2. The van der Waals surface area contributed by atoms with E-state index in [-0.39, 0.29) is 24.5 Å². The number of carbonyl (C=O) groups is 2. The lowest BCUT2D eigenvalue weighted by Gasteiger charge is -2.11.